The molecule has 0 amide bonds. The van der Waals surface area contributed by atoms with Crippen molar-refractivity contribution in [3.63, 3.8) is 0 Å². The predicted molar refractivity (Wildman–Crippen MR) is 61.8 cm³/mol. The largest absolute Gasteiger partial charge is 0.313 e. The first kappa shape index (κ1) is 13.5. The number of aromatic nitrogens is 2. The monoisotopic (exact) mass is 217 g/mol. The summed E-state index contributed by atoms with van der Waals surface area (Å²) in [7, 11) is 1.96. The third-order valence-electron chi connectivity index (χ3n) is 2.14. The van der Waals surface area contributed by atoms with Gasteiger partial charge in [-0.2, -0.15) is 5.10 Å². The van der Waals surface area contributed by atoms with Crippen LogP contribution in [0.2, 0.25) is 0 Å². The summed E-state index contributed by atoms with van der Waals surface area (Å²) < 4.78 is 1.87. The van der Waals surface area contributed by atoms with Gasteiger partial charge in [-0.25, -0.2) is 0 Å². The van der Waals surface area contributed by atoms with Crippen LogP contribution in [0.15, 0.2) is 6.20 Å². The highest BCUT2D eigenvalue weighted by Gasteiger charge is 2.00. The predicted octanol–water partition coefficient (Wildman–Crippen LogP) is 2.04. The van der Waals surface area contributed by atoms with Crippen LogP contribution in [-0.4, -0.2) is 16.3 Å². The van der Waals surface area contributed by atoms with Gasteiger partial charge in [0.05, 0.1) is 5.69 Å². The van der Waals surface area contributed by atoms with Crippen LogP contribution in [0.5, 0.6) is 0 Å². The molecule has 1 aromatic heterocycles. The Morgan fingerprint density at radius 1 is 1.50 bits per heavy atom. The van der Waals surface area contributed by atoms with Gasteiger partial charge in [-0.15, -0.1) is 12.4 Å². The summed E-state index contributed by atoms with van der Waals surface area (Å²) in [5, 5.41) is 7.69. The maximum absolute atomic E-state index is 4.29. The Bertz CT molecular complexity index is 258. The highest BCUT2D eigenvalue weighted by Crippen LogP contribution is 2.03. The minimum absolute atomic E-state index is 0. The summed E-state index contributed by atoms with van der Waals surface area (Å²) >= 11 is 0. The lowest BCUT2D eigenvalue weighted by atomic mass is 10.2. The molecule has 0 saturated carbocycles. The van der Waals surface area contributed by atoms with Crippen molar-refractivity contribution in [2.45, 2.75) is 33.2 Å². The first-order chi connectivity index (χ1) is 6.24. The number of nitrogens with one attached hydrogen (secondary N) is 1. The number of hydrogen-bond donors (Lipinski definition) is 1. The average Bonchev–Trinajstić information content (AvgIpc) is 2.39. The Morgan fingerprint density at radius 2 is 2.21 bits per heavy atom. The molecule has 1 aromatic rings. The number of nitrogens with zero attached hydrogens (tertiary/aromatic N) is 2. The van der Waals surface area contributed by atoms with E-state index in [1.54, 1.807) is 0 Å². The Kier molecular flexibility index (Phi) is 6.58. The fraction of sp³-hybridized carbons (Fsp3) is 0.700. The molecule has 1 rings (SSSR count). The number of halogens is 1. The first-order valence-corrected chi connectivity index (χ1v) is 4.94. The Balaban J connectivity index is 0.00000169. The van der Waals surface area contributed by atoms with Crippen molar-refractivity contribution in [3.8, 4) is 0 Å². The molecule has 0 aromatic carbocycles. The van der Waals surface area contributed by atoms with E-state index in [9.17, 15) is 0 Å². The van der Waals surface area contributed by atoms with E-state index in [2.05, 4.69) is 30.5 Å². The minimum Gasteiger partial charge on any atom is -0.313 e. The molecule has 0 spiro atoms. The molecule has 82 valence electrons. The van der Waals surface area contributed by atoms with E-state index >= 15 is 0 Å². The molecule has 3 nitrogen and oxygen atoms in total. The van der Waals surface area contributed by atoms with Gasteiger partial charge in [-0.3, -0.25) is 4.68 Å². The van der Waals surface area contributed by atoms with Crippen LogP contribution in [0.4, 0.5) is 0 Å². The Labute approximate surface area is 92.3 Å². The lowest BCUT2D eigenvalue weighted by Gasteiger charge is -2.01. The minimum atomic E-state index is 0. The van der Waals surface area contributed by atoms with E-state index in [0.29, 0.717) is 0 Å². The number of unbranched alkanes of at least 4 members (excludes halogenated alkanes) is 1. The van der Waals surface area contributed by atoms with Crippen LogP contribution in [0.25, 0.3) is 0 Å². The van der Waals surface area contributed by atoms with Crippen molar-refractivity contribution in [1.82, 2.24) is 15.1 Å². The summed E-state index contributed by atoms with van der Waals surface area (Å²) in [6.07, 6.45) is 4.58. The van der Waals surface area contributed by atoms with E-state index in [1.165, 1.54) is 18.4 Å². The summed E-state index contributed by atoms with van der Waals surface area (Å²) in [6, 6.07) is 0. The molecule has 1 N–H and O–H groups in total. The van der Waals surface area contributed by atoms with Gasteiger partial charge in [0.2, 0.25) is 0 Å². The highest BCUT2D eigenvalue weighted by atomic mass is 35.5. The highest BCUT2D eigenvalue weighted by molar-refractivity contribution is 5.85. The molecule has 0 fully saturated rings. The van der Waals surface area contributed by atoms with Crippen molar-refractivity contribution in [2.24, 2.45) is 7.05 Å². The van der Waals surface area contributed by atoms with Gasteiger partial charge in [-0.1, -0.05) is 13.3 Å². The molecule has 0 unspecified atom stereocenters. The van der Waals surface area contributed by atoms with Gasteiger partial charge in [0.25, 0.3) is 0 Å². The lowest BCUT2D eigenvalue weighted by molar-refractivity contribution is 0.639. The maximum Gasteiger partial charge on any atom is 0.0638 e. The molecule has 0 bridgehead atoms. The zero-order valence-electron chi connectivity index (χ0n) is 9.21. The van der Waals surface area contributed by atoms with Gasteiger partial charge < -0.3 is 5.32 Å². The molecule has 0 saturated heterocycles. The van der Waals surface area contributed by atoms with Gasteiger partial charge in [0.15, 0.2) is 0 Å². The maximum atomic E-state index is 4.29. The molecule has 0 radical (unpaired) electrons. The van der Waals surface area contributed by atoms with E-state index in [4.69, 9.17) is 0 Å². The number of rotatable bonds is 5. The molecule has 0 aliphatic heterocycles. The number of hydrogen-bond acceptors (Lipinski definition) is 2. The summed E-state index contributed by atoms with van der Waals surface area (Å²) in [6.45, 7) is 6.30. The fourth-order valence-electron chi connectivity index (χ4n) is 1.35. The second-order valence-electron chi connectivity index (χ2n) is 3.44. The van der Waals surface area contributed by atoms with Crippen LogP contribution >= 0.6 is 12.4 Å². The zero-order valence-corrected chi connectivity index (χ0v) is 10.0. The van der Waals surface area contributed by atoms with Gasteiger partial charge in [-0.05, 0) is 19.9 Å². The zero-order chi connectivity index (χ0) is 9.68. The van der Waals surface area contributed by atoms with Crippen molar-refractivity contribution >= 4 is 12.4 Å². The number of aryl methyl sites for hydroxylation is 2. The van der Waals surface area contributed by atoms with E-state index in [0.717, 1.165) is 18.8 Å². The van der Waals surface area contributed by atoms with Gasteiger partial charge >= 0.3 is 0 Å². The summed E-state index contributed by atoms with van der Waals surface area (Å²) in [5.41, 5.74) is 2.44. The molecular formula is C10H20ClN3. The summed E-state index contributed by atoms with van der Waals surface area (Å²) in [5.74, 6) is 0. The van der Waals surface area contributed by atoms with E-state index < -0.39 is 0 Å². The van der Waals surface area contributed by atoms with Gasteiger partial charge in [0.1, 0.15) is 0 Å². The molecule has 1 heterocycles. The third-order valence-corrected chi connectivity index (χ3v) is 2.14. The molecule has 0 aliphatic rings. The van der Waals surface area contributed by atoms with Crippen molar-refractivity contribution in [2.75, 3.05) is 6.54 Å². The van der Waals surface area contributed by atoms with Gasteiger partial charge in [0, 0.05) is 25.4 Å². The lowest BCUT2D eigenvalue weighted by Crippen LogP contribution is -2.14. The fourth-order valence-corrected chi connectivity index (χ4v) is 1.35. The normalized spacial score (nSPS) is 9.93. The van der Waals surface area contributed by atoms with Crippen molar-refractivity contribution < 1.29 is 0 Å². The van der Waals surface area contributed by atoms with E-state index in [1.807, 2.05) is 11.7 Å². The van der Waals surface area contributed by atoms with Crippen LogP contribution in [-0.2, 0) is 13.6 Å². The SMILES string of the molecule is CCCCNCc1cn(C)nc1C.Cl. The first-order valence-electron chi connectivity index (χ1n) is 4.94. The second kappa shape index (κ2) is 6.85. The third kappa shape index (κ3) is 4.11. The standard InChI is InChI=1S/C10H19N3.ClH/c1-4-5-6-11-7-10-8-13(3)12-9(10)2;/h8,11H,4-7H2,1-3H3;1H. The quantitative estimate of drug-likeness (QED) is 0.766. The topological polar surface area (TPSA) is 29.9 Å². The van der Waals surface area contributed by atoms with Crippen LogP contribution in [0.3, 0.4) is 0 Å². The van der Waals surface area contributed by atoms with E-state index in [-0.39, 0.29) is 12.4 Å². The van der Waals surface area contributed by atoms with Crippen molar-refractivity contribution in [1.29, 1.82) is 0 Å². The molecule has 0 atom stereocenters. The Hall–Kier alpha value is -0.540. The second-order valence-corrected chi connectivity index (χ2v) is 3.44. The Morgan fingerprint density at radius 3 is 2.71 bits per heavy atom. The average molecular weight is 218 g/mol. The van der Waals surface area contributed by atoms with Crippen LogP contribution < -0.4 is 5.32 Å². The van der Waals surface area contributed by atoms with Crippen molar-refractivity contribution in [3.05, 3.63) is 17.5 Å². The van der Waals surface area contributed by atoms with Crippen LogP contribution in [0.1, 0.15) is 31.0 Å². The molecule has 4 heteroatoms. The molecule has 14 heavy (non-hydrogen) atoms. The molecular weight excluding hydrogens is 198 g/mol. The van der Waals surface area contributed by atoms with Crippen LogP contribution in [0, 0.1) is 6.92 Å². The summed E-state index contributed by atoms with van der Waals surface area (Å²) in [4.78, 5) is 0. The molecule has 0 aliphatic carbocycles. The smallest absolute Gasteiger partial charge is 0.0638 e.